The highest BCUT2D eigenvalue weighted by atomic mass is 32.2. The Bertz CT molecular complexity index is 1140. The number of amides is 1. The van der Waals surface area contributed by atoms with Crippen LogP contribution in [0.15, 0.2) is 27.0 Å². The topological polar surface area (TPSA) is 135 Å². The van der Waals surface area contributed by atoms with Crippen molar-refractivity contribution in [2.45, 2.75) is 75.3 Å². The number of nitrogens with two attached hydrogens (primary N) is 1. The molecule has 3 rings (SSSR count). The van der Waals surface area contributed by atoms with Crippen LogP contribution in [-0.2, 0) is 37.1 Å². The second-order valence-corrected chi connectivity index (χ2v) is 12.7. The smallest absolute Gasteiger partial charge is 0.259 e. The van der Waals surface area contributed by atoms with Crippen LogP contribution in [0.1, 0.15) is 80.5 Å². The third-order valence-electron chi connectivity index (χ3n) is 5.69. The molecule has 1 aromatic carbocycles. The maximum absolute atomic E-state index is 13.0. The number of ether oxygens (including phenoxy) is 1. The van der Waals surface area contributed by atoms with Crippen molar-refractivity contribution >= 4 is 27.2 Å². The number of thiazole rings is 1. The molecule has 10 heteroatoms. The Morgan fingerprint density at radius 1 is 1.27 bits per heavy atom. The van der Waals surface area contributed by atoms with Crippen LogP contribution in [-0.4, -0.2) is 38.5 Å². The van der Waals surface area contributed by atoms with Gasteiger partial charge in [0.25, 0.3) is 5.91 Å². The average Bonchev–Trinajstić information content (AvgIpc) is 3.17. The van der Waals surface area contributed by atoms with Gasteiger partial charge in [-0.2, -0.15) is 0 Å². The molecule has 1 aliphatic rings. The van der Waals surface area contributed by atoms with Gasteiger partial charge in [-0.1, -0.05) is 39.8 Å². The SMILES string of the molecule is CC(C)c1cc(C2(O)COC2)cc(C(C)C)c1CC(=O)N=S(N)(=O)c1ncc(C(C)(C)O)s1. The molecular weight excluding hydrogens is 462 g/mol. The van der Waals surface area contributed by atoms with Crippen molar-refractivity contribution < 1.29 is 24.0 Å². The van der Waals surface area contributed by atoms with Gasteiger partial charge in [0.1, 0.15) is 5.60 Å². The molecule has 1 unspecified atom stereocenters. The summed E-state index contributed by atoms with van der Waals surface area (Å²) in [7, 11) is -3.55. The minimum absolute atomic E-state index is 0.00342. The summed E-state index contributed by atoms with van der Waals surface area (Å²) in [5.41, 5.74) is 1.27. The molecule has 8 nitrogen and oxygen atoms in total. The first-order chi connectivity index (χ1) is 15.1. The van der Waals surface area contributed by atoms with Crippen LogP contribution in [0.4, 0.5) is 0 Å². The minimum Gasteiger partial charge on any atom is -0.385 e. The van der Waals surface area contributed by atoms with E-state index in [0.29, 0.717) is 4.88 Å². The highest BCUT2D eigenvalue weighted by Crippen LogP contribution is 2.37. The van der Waals surface area contributed by atoms with Crippen LogP contribution in [0.3, 0.4) is 0 Å². The van der Waals surface area contributed by atoms with E-state index in [1.807, 2.05) is 39.8 Å². The Kier molecular flexibility index (Phi) is 7.20. The van der Waals surface area contributed by atoms with Crippen LogP contribution >= 0.6 is 11.3 Å². The number of aliphatic hydroxyl groups is 2. The van der Waals surface area contributed by atoms with Crippen molar-refractivity contribution in [1.82, 2.24) is 4.98 Å². The average molecular weight is 496 g/mol. The summed E-state index contributed by atoms with van der Waals surface area (Å²) in [5, 5.41) is 26.9. The summed E-state index contributed by atoms with van der Waals surface area (Å²) in [5.74, 6) is -0.430. The molecule has 1 saturated heterocycles. The fourth-order valence-corrected chi connectivity index (χ4v) is 5.89. The van der Waals surface area contributed by atoms with E-state index in [1.54, 1.807) is 13.8 Å². The lowest BCUT2D eigenvalue weighted by Crippen LogP contribution is -2.46. The zero-order chi connectivity index (χ0) is 24.8. The predicted octanol–water partition coefficient (Wildman–Crippen LogP) is 3.31. The molecule has 4 N–H and O–H groups in total. The Morgan fingerprint density at radius 2 is 1.82 bits per heavy atom. The summed E-state index contributed by atoms with van der Waals surface area (Å²) in [6.45, 7) is 11.7. The zero-order valence-electron chi connectivity index (χ0n) is 19.9. The number of carbonyl (C=O) groups excluding carboxylic acids is 1. The number of aromatic nitrogens is 1. The third-order valence-corrected chi connectivity index (χ3v) is 8.84. The van der Waals surface area contributed by atoms with Gasteiger partial charge in [0, 0.05) is 6.20 Å². The summed E-state index contributed by atoms with van der Waals surface area (Å²) in [6.07, 6.45) is 1.34. The Labute approximate surface area is 199 Å². The predicted molar refractivity (Wildman–Crippen MR) is 128 cm³/mol. The number of hydrogen-bond donors (Lipinski definition) is 3. The number of rotatable bonds is 7. The molecule has 2 heterocycles. The van der Waals surface area contributed by atoms with Gasteiger partial charge in [0.05, 0.1) is 30.1 Å². The van der Waals surface area contributed by atoms with E-state index < -0.39 is 27.0 Å². The highest BCUT2D eigenvalue weighted by molar-refractivity contribution is 7.93. The molecular formula is C23H33N3O5S2. The molecule has 0 bridgehead atoms. The van der Waals surface area contributed by atoms with Crippen LogP contribution in [0, 0.1) is 0 Å². The van der Waals surface area contributed by atoms with E-state index in [1.165, 1.54) is 6.20 Å². The lowest BCUT2D eigenvalue weighted by Gasteiger charge is -2.38. The van der Waals surface area contributed by atoms with Crippen LogP contribution in [0.25, 0.3) is 0 Å². The quantitative estimate of drug-likeness (QED) is 0.539. The molecule has 0 saturated carbocycles. The molecule has 33 heavy (non-hydrogen) atoms. The van der Waals surface area contributed by atoms with E-state index in [9.17, 15) is 19.2 Å². The van der Waals surface area contributed by atoms with E-state index >= 15 is 0 Å². The monoisotopic (exact) mass is 495 g/mol. The lowest BCUT2D eigenvalue weighted by molar-refractivity contribution is -0.184. The second kappa shape index (κ2) is 9.16. The van der Waals surface area contributed by atoms with Crippen LogP contribution in [0.2, 0.25) is 0 Å². The van der Waals surface area contributed by atoms with Crippen molar-refractivity contribution in [2.24, 2.45) is 9.50 Å². The molecule has 0 aliphatic carbocycles. The van der Waals surface area contributed by atoms with E-state index in [-0.39, 0.29) is 35.8 Å². The Balaban J connectivity index is 2.00. The Hall–Kier alpha value is -1.69. The summed E-state index contributed by atoms with van der Waals surface area (Å²) in [4.78, 5) is 17.5. The molecule has 0 radical (unpaired) electrons. The van der Waals surface area contributed by atoms with E-state index in [0.717, 1.165) is 33.6 Å². The summed E-state index contributed by atoms with van der Waals surface area (Å²) in [6, 6.07) is 3.86. The van der Waals surface area contributed by atoms with Crippen molar-refractivity contribution in [2.75, 3.05) is 13.2 Å². The van der Waals surface area contributed by atoms with Gasteiger partial charge in [-0.15, -0.1) is 15.7 Å². The number of nitrogens with zero attached hydrogens (tertiary/aromatic N) is 2. The number of carbonyl (C=O) groups is 1. The van der Waals surface area contributed by atoms with Gasteiger partial charge in [-0.25, -0.2) is 14.3 Å². The van der Waals surface area contributed by atoms with Gasteiger partial charge in [-0.05, 0) is 47.9 Å². The van der Waals surface area contributed by atoms with Gasteiger partial charge < -0.3 is 14.9 Å². The molecule has 1 aliphatic heterocycles. The molecule has 1 atom stereocenters. The summed E-state index contributed by atoms with van der Waals surface area (Å²) >= 11 is 0.978. The molecule has 2 aromatic rings. The summed E-state index contributed by atoms with van der Waals surface area (Å²) < 4.78 is 22.1. The maximum Gasteiger partial charge on any atom is 0.259 e. The van der Waals surface area contributed by atoms with E-state index in [4.69, 9.17) is 9.88 Å². The Morgan fingerprint density at radius 3 is 2.21 bits per heavy atom. The standard InChI is InChI=1S/C23H33N3O5S2/c1-13(2)16-7-15(23(29)11-31-12-23)8-17(14(3)4)18(16)9-20(27)26-33(24,30)21-25-10-19(32-21)22(5,6)28/h7-8,10,13-14,28-29H,9,11-12H2,1-6H3,(H2,24,26,27,30). The zero-order valence-corrected chi connectivity index (χ0v) is 21.5. The lowest BCUT2D eigenvalue weighted by atomic mass is 9.80. The van der Waals surface area contributed by atoms with Gasteiger partial charge in [0.15, 0.2) is 9.92 Å². The van der Waals surface area contributed by atoms with Gasteiger partial charge >= 0.3 is 0 Å². The maximum atomic E-state index is 13.0. The van der Waals surface area contributed by atoms with Crippen molar-refractivity contribution in [3.63, 3.8) is 0 Å². The molecule has 0 spiro atoms. The van der Waals surface area contributed by atoms with Crippen molar-refractivity contribution in [1.29, 1.82) is 0 Å². The minimum atomic E-state index is -3.55. The highest BCUT2D eigenvalue weighted by Gasteiger charge is 2.39. The first-order valence-electron chi connectivity index (χ1n) is 10.9. The normalized spacial score (nSPS) is 17.7. The second-order valence-electron chi connectivity index (χ2n) is 9.75. The van der Waals surface area contributed by atoms with Crippen LogP contribution in [0.5, 0.6) is 0 Å². The van der Waals surface area contributed by atoms with Gasteiger partial charge in [0.2, 0.25) is 4.34 Å². The van der Waals surface area contributed by atoms with Crippen molar-refractivity contribution in [3.8, 4) is 0 Å². The molecule has 182 valence electrons. The first kappa shape index (κ1) is 25.9. The molecule has 1 amide bonds. The van der Waals surface area contributed by atoms with Crippen LogP contribution < -0.4 is 5.14 Å². The fraction of sp³-hybridized carbons (Fsp3) is 0.565. The van der Waals surface area contributed by atoms with Crippen molar-refractivity contribution in [3.05, 3.63) is 45.5 Å². The fourth-order valence-electron chi connectivity index (χ4n) is 3.73. The molecule has 1 fully saturated rings. The third kappa shape index (κ3) is 5.52. The number of hydrogen-bond acceptors (Lipinski definition) is 7. The number of benzene rings is 1. The van der Waals surface area contributed by atoms with Gasteiger partial charge in [-0.3, -0.25) is 4.79 Å². The largest absolute Gasteiger partial charge is 0.385 e. The van der Waals surface area contributed by atoms with E-state index in [2.05, 4.69) is 9.35 Å². The first-order valence-corrected chi connectivity index (χ1v) is 13.3. The molecule has 1 aromatic heterocycles.